The SMILES string of the molecule is CC(C)C(N)C1CCCCOC1. The van der Waals surface area contributed by atoms with Crippen molar-refractivity contribution < 1.29 is 4.74 Å². The van der Waals surface area contributed by atoms with Gasteiger partial charge in [0.05, 0.1) is 6.61 Å². The lowest BCUT2D eigenvalue weighted by Gasteiger charge is -2.24. The predicted molar refractivity (Wildman–Crippen MR) is 51.0 cm³/mol. The highest BCUT2D eigenvalue weighted by atomic mass is 16.5. The van der Waals surface area contributed by atoms with E-state index in [9.17, 15) is 0 Å². The highest BCUT2D eigenvalue weighted by Crippen LogP contribution is 2.20. The highest BCUT2D eigenvalue weighted by molar-refractivity contribution is 4.76. The zero-order valence-corrected chi connectivity index (χ0v) is 8.25. The molecule has 1 heterocycles. The van der Waals surface area contributed by atoms with Gasteiger partial charge in [-0.25, -0.2) is 0 Å². The number of nitrogens with two attached hydrogens (primary N) is 1. The lowest BCUT2D eigenvalue weighted by Crippen LogP contribution is -2.37. The van der Waals surface area contributed by atoms with E-state index in [1.54, 1.807) is 0 Å². The molecule has 2 heteroatoms. The van der Waals surface area contributed by atoms with Crippen molar-refractivity contribution >= 4 is 0 Å². The molecular formula is C10H21NO. The first-order valence-corrected chi connectivity index (χ1v) is 5.05. The number of rotatable bonds is 2. The van der Waals surface area contributed by atoms with Crippen LogP contribution in [-0.2, 0) is 4.74 Å². The molecule has 0 aliphatic carbocycles. The number of ether oxygens (including phenoxy) is 1. The molecule has 0 amide bonds. The molecule has 0 radical (unpaired) electrons. The molecule has 2 N–H and O–H groups in total. The Morgan fingerprint density at radius 2 is 2.08 bits per heavy atom. The van der Waals surface area contributed by atoms with Crippen LogP contribution in [0.25, 0.3) is 0 Å². The lowest BCUT2D eigenvalue weighted by molar-refractivity contribution is 0.1000. The monoisotopic (exact) mass is 171 g/mol. The van der Waals surface area contributed by atoms with E-state index < -0.39 is 0 Å². The van der Waals surface area contributed by atoms with E-state index >= 15 is 0 Å². The molecule has 2 atom stereocenters. The summed E-state index contributed by atoms with van der Waals surface area (Å²) in [6.07, 6.45) is 3.74. The van der Waals surface area contributed by atoms with E-state index in [-0.39, 0.29) is 0 Å². The quantitative estimate of drug-likeness (QED) is 0.687. The van der Waals surface area contributed by atoms with Crippen molar-refractivity contribution in [3.8, 4) is 0 Å². The lowest BCUT2D eigenvalue weighted by atomic mass is 9.88. The summed E-state index contributed by atoms with van der Waals surface area (Å²) in [5, 5.41) is 0. The minimum absolute atomic E-state index is 0.322. The molecule has 2 nitrogen and oxygen atoms in total. The maximum atomic E-state index is 6.08. The van der Waals surface area contributed by atoms with Crippen LogP contribution in [0.5, 0.6) is 0 Å². The molecule has 1 aliphatic rings. The molecule has 1 saturated heterocycles. The van der Waals surface area contributed by atoms with E-state index in [1.807, 2.05) is 0 Å². The smallest absolute Gasteiger partial charge is 0.0509 e. The fourth-order valence-corrected chi connectivity index (χ4v) is 1.78. The van der Waals surface area contributed by atoms with E-state index in [4.69, 9.17) is 10.5 Å². The number of hydrogen-bond donors (Lipinski definition) is 1. The van der Waals surface area contributed by atoms with Crippen LogP contribution in [0, 0.1) is 11.8 Å². The maximum Gasteiger partial charge on any atom is 0.0509 e. The van der Waals surface area contributed by atoms with Crippen molar-refractivity contribution in [1.29, 1.82) is 0 Å². The van der Waals surface area contributed by atoms with Crippen LogP contribution in [0.15, 0.2) is 0 Å². The van der Waals surface area contributed by atoms with E-state index in [0.717, 1.165) is 13.2 Å². The average molecular weight is 171 g/mol. The van der Waals surface area contributed by atoms with Gasteiger partial charge in [-0.3, -0.25) is 0 Å². The molecule has 0 aromatic rings. The Morgan fingerprint density at radius 3 is 2.75 bits per heavy atom. The van der Waals surface area contributed by atoms with Crippen LogP contribution < -0.4 is 5.73 Å². The molecule has 1 fully saturated rings. The Hall–Kier alpha value is -0.0800. The second kappa shape index (κ2) is 4.83. The standard InChI is InChI=1S/C10H21NO/c1-8(2)10(11)9-5-3-4-6-12-7-9/h8-10H,3-7,11H2,1-2H3. The average Bonchev–Trinajstić information content (AvgIpc) is 2.30. The molecule has 0 bridgehead atoms. The third-order valence-electron chi connectivity index (χ3n) is 2.76. The van der Waals surface area contributed by atoms with Crippen LogP contribution in [0.2, 0.25) is 0 Å². The van der Waals surface area contributed by atoms with Crippen LogP contribution >= 0.6 is 0 Å². The Balaban J connectivity index is 2.37. The summed E-state index contributed by atoms with van der Waals surface area (Å²) < 4.78 is 5.50. The van der Waals surface area contributed by atoms with Crippen molar-refractivity contribution in [2.45, 2.75) is 39.2 Å². The van der Waals surface area contributed by atoms with Crippen molar-refractivity contribution in [3.05, 3.63) is 0 Å². The van der Waals surface area contributed by atoms with Gasteiger partial charge in [0.2, 0.25) is 0 Å². The van der Waals surface area contributed by atoms with Gasteiger partial charge in [-0.15, -0.1) is 0 Å². The molecule has 12 heavy (non-hydrogen) atoms. The predicted octanol–water partition coefficient (Wildman–Crippen LogP) is 1.79. The van der Waals surface area contributed by atoms with Gasteiger partial charge in [0.25, 0.3) is 0 Å². The first kappa shape index (κ1) is 10.0. The molecule has 1 rings (SSSR count). The number of hydrogen-bond acceptors (Lipinski definition) is 2. The molecule has 0 aromatic carbocycles. The third kappa shape index (κ3) is 2.76. The summed E-state index contributed by atoms with van der Waals surface area (Å²) in [4.78, 5) is 0. The summed E-state index contributed by atoms with van der Waals surface area (Å²) in [6, 6.07) is 0.322. The summed E-state index contributed by atoms with van der Waals surface area (Å²) in [7, 11) is 0. The summed E-state index contributed by atoms with van der Waals surface area (Å²) in [5.41, 5.74) is 6.08. The van der Waals surface area contributed by atoms with Crippen LogP contribution in [0.1, 0.15) is 33.1 Å². The van der Waals surface area contributed by atoms with Gasteiger partial charge >= 0.3 is 0 Å². The molecule has 1 aliphatic heterocycles. The van der Waals surface area contributed by atoms with Crippen LogP contribution in [0.4, 0.5) is 0 Å². The van der Waals surface area contributed by atoms with Gasteiger partial charge in [0.1, 0.15) is 0 Å². The van der Waals surface area contributed by atoms with E-state index in [2.05, 4.69) is 13.8 Å². The third-order valence-corrected chi connectivity index (χ3v) is 2.76. The van der Waals surface area contributed by atoms with Gasteiger partial charge in [0.15, 0.2) is 0 Å². The van der Waals surface area contributed by atoms with Gasteiger partial charge in [-0.2, -0.15) is 0 Å². The molecule has 0 saturated carbocycles. The van der Waals surface area contributed by atoms with Crippen molar-refractivity contribution in [3.63, 3.8) is 0 Å². The fourth-order valence-electron chi connectivity index (χ4n) is 1.78. The van der Waals surface area contributed by atoms with Gasteiger partial charge in [-0.05, 0) is 24.7 Å². The highest BCUT2D eigenvalue weighted by Gasteiger charge is 2.21. The van der Waals surface area contributed by atoms with Crippen molar-refractivity contribution in [2.75, 3.05) is 13.2 Å². The Morgan fingerprint density at radius 1 is 1.33 bits per heavy atom. The topological polar surface area (TPSA) is 35.2 Å². The zero-order chi connectivity index (χ0) is 8.97. The first-order valence-electron chi connectivity index (χ1n) is 5.05. The normalized spacial score (nSPS) is 28.5. The van der Waals surface area contributed by atoms with Gasteiger partial charge < -0.3 is 10.5 Å². The molecule has 72 valence electrons. The van der Waals surface area contributed by atoms with Gasteiger partial charge in [-0.1, -0.05) is 20.3 Å². The summed E-state index contributed by atoms with van der Waals surface area (Å²) in [5.74, 6) is 1.17. The molecule has 0 aromatic heterocycles. The Kier molecular flexibility index (Phi) is 4.02. The fraction of sp³-hybridized carbons (Fsp3) is 1.00. The molecule has 2 unspecified atom stereocenters. The summed E-state index contributed by atoms with van der Waals surface area (Å²) in [6.45, 7) is 6.19. The Bertz CT molecular complexity index is 117. The van der Waals surface area contributed by atoms with Crippen molar-refractivity contribution in [1.82, 2.24) is 0 Å². The first-order chi connectivity index (χ1) is 5.72. The van der Waals surface area contributed by atoms with Crippen LogP contribution in [0.3, 0.4) is 0 Å². The maximum absolute atomic E-state index is 6.08. The van der Waals surface area contributed by atoms with E-state index in [0.29, 0.717) is 17.9 Å². The molecular weight excluding hydrogens is 150 g/mol. The Labute approximate surface area is 75.5 Å². The minimum atomic E-state index is 0.322. The van der Waals surface area contributed by atoms with Crippen LogP contribution in [-0.4, -0.2) is 19.3 Å². The van der Waals surface area contributed by atoms with E-state index in [1.165, 1.54) is 19.3 Å². The van der Waals surface area contributed by atoms with Crippen molar-refractivity contribution in [2.24, 2.45) is 17.6 Å². The second-order valence-electron chi connectivity index (χ2n) is 4.15. The zero-order valence-electron chi connectivity index (χ0n) is 8.25. The summed E-state index contributed by atoms with van der Waals surface area (Å²) >= 11 is 0. The minimum Gasteiger partial charge on any atom is -0.381 e. The van der Waals surface area contributed by atoms with Gasteiger partial charge in [0, 0.05) is 12.6 Å². The second-order valence-corrected chi connectivity index (χ2v) is 4.15. The largest absolute Gasteiger partial charge is 0.381 e. The molecule has 0 spiro atoms.